The molecule has 0 radical (unpaired) electrons. The third-order valence-corrected chi connectivity index (χ3v) is 10.3. The highest BCUT2D eigenvalue weighted by Gasteiger charge is 2.29. The fourth-order valence-corrected chi connectivity index (χ4v) is 7.97. The van der Waals surface area contributed by atoms with E-state index in [9.17, 15) is 13.0 Å². The van der Waals surface area contributed by atoms with Crippen molar-refractivity contribution in [1.29, 1.82) is 0 Å². The van der Waals surface area contributed by atoms with Crippen LogP contribution in [0.4, 0.5) is 0 Å². The lowest BCUT2D eigenvalue weighted by Gasteiger charge is -2.30. The minimum Gasteiger partial charge on any atom is -0.282 e. The SMILES string of the molecule is C=C(C)c1cc(P(c2cc(C(C)(C)C)cc(C(C)(C)C)c2)c2ccccc2S(=O)(=O)O)cc(C(C)(C)C)c1. The molecule has 0 aliphatic heterocycles. The summed E-state index contributed by atoms with van der Waals surface area (Å²) >= 11 is 0. The van der Waals surface area contributed by atoms with Gasteiger partial charge < -0.3 is 0 Å². The number of hydrogen-bond acceptors (Lipinski definition) is 2. The Kier molecular flexibility index (Phi) is 8.27. The predicted octanol–water partition coefficient (Wildman–Crippen LogP) is 7.62. The highest BCUT2D eigenvalue weighted by molar-refractivity contribution is 7.88. The average molecular weight is 551 g/mol. The Morgan fingerprint density at radius 2 is 1.13 bits per heavy atom. The van der Waals surface area contributed by atoms with Gasteiger partial charge in [0.05, 0.1) is 0 Å². The van der Waals surface area contributed by atoms with Gasteiger partial charge in [0.1, 0.15) is 4.90 Å². The van der Waals surface area contributed by atoms with Crippen LogP contribution in [0, 0.1) is 0 Å². The molecule has 0 heterocycles. The van der Waals surface area contributed by atoms with Crippen LogP contribution in [0.5, 0.6) is 0 Å². The number of benzene rings is 3. The van der Waals surface area contributed by atoms with Crippen molar-refractivity contribution in [3.05, 3.63) is 89.5 Å². The summed E-state index contributed by atoms with van der Waals surface area (Å²) in [5.41, 5.74) is 5.22. The van der Waals surface area contributed by atoms with Gasteiger partial charge in [-0.3, -0.25) is 4.55 Å². The normalized spacial score (nSPS) is 13.9. The van der Waals surface area contributed by atoms with Crippen LogP contribution in [0.3, 0.4) is 0 Å². The smallest absolute Gasteiger partial charge is 0.282 e. The van der Waals surface area contributed by atoms with Crippen molar-refractivity contribution in [3.63, 3.8) is 0 Å². The van der Waals surface area contributed by atoms with E-state index in [2.05, 4.69) is 105 Å². The molecule has 1 atom stereocenters. The van der Waals surface area contributed by atoms with E-state index in [4.69, 9.17) is 0 Å². The second-order valence-electron chi connectivity index (χ2n) is 13.3. The van der Waals surface area contributed by atoms with Gasteiger partial charge in [-0.2, -0.15) is 8.42 Å². The monoisotopic (exact) mass is 550 g/mol. The lowest BCUT2D eigenvalue weighted by molar-refractivity contribution is 0.484. The van der Waals surface area contributed by atoms with Gasteiger partial charge in [0, 0.05) is 5.30 Å². The fraction of sp³-hybridized carbons (Fsp3) is 0.394. The Morgan fingerprint density at radius 3 is 1.55 bits per heavy atom. The highest BCUT2D eigenvalue weighted by atomic mass is 32.2. The zero-order valence-corrected chi connectivity index (χ0v) is 26.3. The van der Waals surface area contributed by atoms with Gasteiger partial charge in [0.2, 0.25) is 0 Å². The van der Waals surface area contributed by atoms with Crippen LogP contribution in [-0.4, -0.2) is 13.0 Å². The van der Waals surface area contributed by atoms with Crippen molar-refractivity contribution in [2.24, 2.45) is 0 Å². The average Bonchev–Trinajstić information content (AvgIpc) is 2.77. The summed E-state index contributed by atoms with van der Waals surface area (Å²) in [6, 6.07) is 20.1. The standard InChI is InChI=1S/C33H43O3PS/c1-22(2)23-16-24(31(3,4)5)19-27(17-23)37(29-14-12-13-15-30(29)38(34,35)36)28-20-25(32(6,7)8)18-26(21-28)33(9,10)11/h12-21H,1H2,2-11H3,(H,34,35,36). The van der Waals surface area contributed by atoms with Crippen LogP contribution in [0.1, 0.15) is 91.5 Å². The van der Waals surface area contributed by atoms with Crippen LogP contribution >= 0.6 is 7.92 Å². The van der Waals surface area contributed by atoms with Crippen molar-refractivity contribution in [2.75, 3.05) is 0 Å². The number of allylic oxidation sites excluding steroid dienone is 1. The van der Waals surface area contributed by atoms with Crippen LogP contribution < -0.4 is 15.9 Å². The van der Waals surface area contributed by atoms with Gasteiger partial charge in [-0.1, -0.05) is 123 Å². The third kappa shape index (κ3) is 6.84. The molecule has 0 saturated carbocycles. The minimum atomic E-state index is -4.44. The summed E-state index contributed by atoms with van der Waals surface area (Å²) in [5.74, 6) is 0. The molecule has 38 heavy (non-hydrogen) atoms. The van der Waals surface area contributed by atoms with E-state index in [1.165, 1.54) is 17.2 Å². The third-order valence-electron chi connectivity index (χ3n) is 6.83. The molecule has 1 unspecified atom stereocenters. The topological polar surface area (TPSA) is 54.4 Å². The van der Waals surface area contributed by atoms with Gasteiger partial charge in [-0.15, -0.1) is 0 Å². The molecule has 0 aliphatic carbocycles. The summed E-state index contributed by atoms with van der Waals surface area (Å²) in [6.07, 6.45) is 0. The van der Waals surface area contributed by atoms with Crippen molar-refractivity contribution < 1.29 is 13.0 Å². The summed E-state index contributed by atoms with van der Waals surface area (Å²) in [7, 11) is -5.78. The molecule has 5 heteroatoms. The minimum absolute atomic E-state index is 0.0392. The van der Waals surface area contributed by atoms with E-state index in [0.29, 0.717) is 5.30 Å². The van der Waals surface area contributed by atoms with Gasteiger partial charge in [0.15, 0.2) is 0 Å². The van der Waals surface area contributed by atoms with Gasteiger partial charge in [0.25, 0.3) is 10.1 Å². The van der Waals surface area contributed by atoms with Gasteiger partial charge >= 0.3 is 0 Å². The molecule has 3 aromatic carbocycles. The van der Waals surface area contributed by atoms with Crippen molar-refractivity contribution >= 4 is 39.5 Å². The molecule has 3 aromatic rings. The summed E-state index contributed by atoms with van der Waals surface area (Å²) < 4.78 is 35.5. The molecule has 1 N–H and O–H groups in total. The molecular formula is C33H43O3PS. The molecule has 0 aromatic heterocycles. The Labute approximate surface area is 231 Å². The van der Waals surface area contributed by atoms with Crippen LogP contribution in [0.2, 0.25) is 0 Å². The molecule has 3 rings (SSSR count). The highest BCUT2D eigenvalue weighted by Crippen LogP contribution is 2.40. The summed E-state index contributed by atoms with van der Waals surface area (Å²) in [4.78, 5) is -0.0392. The first-order chi connectivity index (χ1) is 17.2. The van der Waals surface area contributed by atoms with Crippen molar-refractivity contribution in [2.45, 2.75) is 90.4 Å². The van der Waals surface area contributed by atoms with Crippen LogP contribution in [0.15, 0.2) is 72.1 Å². The number of hydrogen-bond donors (Lipinski definition) is 1. The number of rotatable bonds is 5. The molecule has 0 fully saturated rings. The van der Waals surface area contributed by atoms with Gasteiger partial charge in [-0.25, -0.2) is 0 Å². The Morgan fingerprint density at radius 1 is 0.711 bits per heavy atom. The second-order valence-corrected chi connectivity index (χ2v) is 16.9. The van der Waals surface area contributed by atoms with E-state index in [1.54, 1.807) is 6.07 Å². The molecule has 0 amide bonds. The van der Waals surface area contributed by atoms with E-state index < -0.39 is 18.0 Å². The molecular weight excluding hydrogens is 507 g/mol. The molecule has 204 valence electrons. The summed E-state index contributed by atoms with van der Waals surface area (Å²) in [5, 5.41) is 2.72. The molecule has 0 bridgehead atoms. The first-order valence-corrected chi connectivity index (χ1v) is 15.8. The largest absolute Gasteiger partial charge is 0.295 e. The van der Waals surface area contributed by atoms with Crippen LogP contribution in [-0.2, 0) is 26.4 Å². The molecule has 0 aliphatic rings. The van der Waals surface area contributed by atoms with Gasteiger partial charge in [-0.05, 0) is 76.1 Å². The molecule has 0 spiro atoms. The first kappa shape index (κ1) is 30.3. The molecule has 3 nitrogen and oxygen atoms in total. The van der Waals surface area contributed by atoms with E-state index in [-0.39, 0.29) is 21.1 Å². The maximum Gasteiger partial charge on any atom is 0.295 e. The Bertz CT molecular complexity index is 1430. The Hall–Kier alpha value is -2.26. The lowest BCUT2D eigenvalue weighted by atomic mass is 9.81. The Balaban J connectivity index is 2.54. The van der Waals surface area contributed by atoms with Crippen molar-refractivity contribution in [3.8, 4) is 0 Å². The predicted molar refractivity (Wildman–Crippen MR) is 166 cm³/mol. The van der Waals surface area contributed by atoms with Crippen molar-refractivity contribution in [1.82, 2.24) is 0 Å². The first-order valence-electron chi connectivity index (χ1n) is 13.0. The second kappa shape index (κ2) is 10.4. The van der Waals surface area contributed by atoms with Crippen LogP contribution in [0.25, 0.3) is 5.57 Å². The lowest BCUT2D eigenvalue weighted by Crippen LogP contribution is -2.29. The van der Waals surface area contributed by atoms with E-state index in [1.807, 2.05) is 19.1 Å². The maximum atomic E-state index is 12.6. The molecule has 0 saturated heterocycles. The summed E-state index contributed by atoms with van der Waals surface area (Å²) in [6.45, 7) is 26.0. The fourth-order valence-electron chi connectivity index (χ4n) is 4.31. The van der Waals surface area contributed by atoms with E-state index >= 15 is 0 Å². The zero-order chi connectivity index (χ0) is 28.8. The zero-order valence-electron chi connectivity index (χ0n) is 24.6. The quantitative estimate of drug-likeness (QED) is 0.263. The maximum absolute atomic E-state index is 12.6. The van der Waals surface area contributed by atoms with E-state index in [0.717, 1.165) is 27.3 Å².